The molecule has 6 nitrogen and oxygen atoms in total. The molecule has 2 aliphatic rings. The molecule has 0 spiro atoms. The predicted molar refractivity (Wildman–Crippen MR) is 99.0 cm³/mol. The summed E-state index contributed by atoms with van der Waals surface area (Å²) in [5.74, 6) is 2.84. The minimum absolute atomic E-state index is 0.0139. The SMILES string of the molecule is C[C@H](c1ccc(C(=O)N2CCC(c3ncc[nH]3)CC2)o1)N1CCCCC1. The van der Waals surface area contributed by atoms with Crippen LogP contribution in [-0.4, -0.2) is 51.9 Å². The van der Waals surface area contributed by atoms with Crippen LogP contribution in [0, 0.1) is 0 Å². The van der Waals surface area contributed by atoms with E-state index < -0.39 is 0 Å². The molecule has 140 valence electrons. The fraction of sp³-hybridized carbons (Fsp3) is 0.600. The summed E-state index contributed by atoms with van der Waals surface area (Å²) < 4.78 is 5.96. The van der Waals surface area contributed by atoms with Crippen molar-refractivity contribution < 1.29 is 9.21 Å². The molecule has 0 saturated carbocycles. The number of rotatable bonds is 4. The highest BCUT2D eigenvalue weighted by molar-refractivity contribution is 5.91. The van der Waals surface area contributed by atoms with Gasteiger partial charge in [-0.25, -0.2) is 4.98 Å². The largest absolute Gasteiger partial charge is 0.454 e. The van der Waals surface area contributed by atoms with Crippen molar-refractivity contribution in [2.24, 2.45) is 0 Å². The molecule has 2 fully saturated rings. The third-order valence-corrected chi connectivity index (χ3v) is 5.88. The van der Waals surface area contributed by atoms with Gasteiger partial charge in [0.2, 0.25) is 0 Å². The van der Waals surface area contributed by atoms with E-state index in [0.29, 0.717) is 11.7 Å². The van der Waals surface area contributed by atoms with Crippen LogP contribution in [0.2, 0.25) is 0 Å². The summed E-state index contributed by atoms with van der Waals surface area (Å²) in [6.45, 7) is 5.91. The van der Waals surface area contributed by atoms with Gasteiger partial charge in [-0.15, -0.1) is 0 Å². The number of aromatic amines is 1. The molecule has 2 saturated heterocycles. The minimum Gasteiger partial charge on any atom is -0.454 e. The van der Waals surface area contributed by atoms with Gasteiger partial charge in [-0.3, -0.25) is 9.69 Å². The average molecular weight is 356 g/mol. The van der Waals surface area contributed by atoms with Crippen LogP contribution in [0.3, 0.4) is 0 Å². The smallest absolute Gasteiger partial charge is 0.289 e. The lowest BCUT2D eigenvalue weighted by Crippen LogP contribution is -2.38. The van der Waals surface area contributed by atoms with Crippen LogP contribution in [0.25, 0.3) is 0 Å². The van der Waals surface area contributed by atoms with E-state index in [4.69, 9.17) is 4.42 Å². The molecule has 0 aliphatic carbocycles. The standard InChI is InChI=1S/C20H28N4O2/c1-15(23-11-3-2-4-12-23)17-5-6-18(26-17)20(25)24-13-7-16(8-14-24)19-21-9-10-22-19/h5-6,9-10,15-16H,2-4,7-8,11-14H2,1H3,(H,21,22)/t15-/m1/s1. The summed E-state index contributed by atoms with van der Waals surface area (Å²) in [6, 6.07) is 4.06. The molecule has 0 bridgehead atoms. The van der Waals surface area contributed by atoms with Gasteiger partial charge in [0.25, 0.3) is 5.91 Å². The van der Waals surface area contributed by atoms with Crippen LogP contribution in [-0.2, 0) is 0 Å². The average Bonchev–Trinajstić information content (AvgIpc) is 3.40. The second-order valence-corrected chi connectivity index (χ2v) is 7.52. The van der Waals surface area contributed by atoms with Crippen LogP contribution < -0.4 is 0 Å². The third kappa shape index (κ3) is 3.56. The number of nitrogens with zero attached hydrogens (tertiary/aromatic N) is 3. The molecule has 1 amide bonds. The van der Waals surface area contributed by atoms with Gasteiger partial charge < -0.3 is 14.3 Å². The summed E-state index contributed by atoms with van der Waals surface area (Å²) in [4.78, 5) is 24.7. The van der Waals surface area contributed by atoms with Crippen molar-refractivity contribution >= 4 is 5.91 Å². The van der Waals surface area contributed by atoms with Gasteiger partial charge in [0.15, 0.2) is 5.76 Å². The zero-order valence-electron chi connectivity index (χ0n) is 15.5. The number of aromatic nitrogens is 2. The monoisotopic (exact) mass is 356 g/mol. The van der Waals surface area contributed by atoms with E-state index in [2.05, 4.69) is 21.8 Å². The molecule has 0 aromatic carbocycles. The summed E-state index contributed by atoms with van der Waals surface area (Å²) in [5.41, 5.74) is 0. The van der Waals surface area contributed by atoms with Crippen LogP contribution in [0.15, 0.2) is 28.9 Å². The van der Waals surface area contributed by atoms with Crippen LogP contribution >= 0.6 is 0 Å². The van der Waals surface area contributed by atoms with Gasteiger partial charge in [-0.05, 0) is 57.8 Å². The topological polar surface area (TPSA) is 65.4 Å². The Balaban J connectivity index is 1.36. The summed E-state index contributed by atoms with van der Waals surface area (Å²) in [5, 5.41) is 0. The van der Waals surface area contributed by atoms with Crippen molar-refractivity contribution in [1.82, 2.24) is 19.8 Å². The lowest BCUT2D eigenvalue weighted by molar-refractivity contribution is 0.0671. The normalized spacial score (nSPS) is 21.0. The number of hydrogen-bond acceptors (Lipinski definition) is 4. The fourth-order valence-corrected chi connectivity index (χ4v) is 4.19. The first-order valence-corrected chi connectivity index (χ1v) is 9.84. The van der Waals surface area contributed by atoms with Crippen LogP contribution in [0.4, 0.5) is 0 Å². The Morgan fingerprint density at radius 2 is 1.96 bits per heavy atom. The van der Waals surface area contributed by atoms with Crippen molar-refractivity contribution in [3.63, 3.8) is 0 Å². The first-order chi connectivity index (χ1) is 12.7. The minimum atomic E-state index is 0.0139. The number of furan rings is 1. The summed E-state index contributed by atoms with van der Waals surface area (Å²) in [7, 11) is 0. The Morgan fingerprint density at radius 1 is 1.19 bits per heavy atom. The molecule has 2 aromatic heterocycles. The predicted octanol–water partition coefficient (Wildman–Crippen LogP) is 3.57. The van der Waals surface area contributed by atoms with E-state index in [9.17, 15) is 4.79 Å². The lowest BCUT2D eigenvalue weighted by atomic mass is 9.96. The highest BCUT2D eigenvalue weighted by atomic mass is 16.4. The zero-order chi connectivity index (χ0) is 17.9. The fourth-order valence-electron chi connectivity index (χ4n) is 4.19. The highest BCUT2D eigenvalue weighted by Crippen LogP contribution is 2.28. The number of piperidine rings is 2. The molecule has 1 N–H and O–H groups in total. The molecule has 2 aliphatic heterocycles. The third-order valence-electron chi connectivity index (χ3n) is 5.88. The number of carbonyl (C=O) groups is 1. The number of carbonyl (C=O) groups excluding carboxylic acids is 1. The molecular formula is C20H28N4O2. The van der Waals surface area contributed by atoms with Gasteiger partial charge in [-0.1, -0.05) is 6.42 Å². The number of amides is 1. The van der Waals surface area contributed by atoms with Gasteiger partial charge >= 0.3 is 0 Å². The van der Waals surface area contributed by atoms with Crippen LogP contribution in [0.5, 0.6) is 0 Å². The van der Waals surface area contributed by atoms with Gasteiger partial charge in [0.1, 0.15) is 11.6 Å². The van der Waals surface area contributed by atoms with Crippen molar-refractivity contribution in [1.29, 1.82) is 0 Å². The first kappa shape index (κ1) is 17.3. The Labute approximate surface area is 154 Å². The maximum atomic E-state index is 12.8. The van der Waals surface area contributed by atoms with Crippen LogP contribution in [0.1, 0.15) is 73.1 Å². The maximum absolute atomic E-state index is 12.8. The molecule has 2 aromatic rings. The molecule has 6 heteroatoms. The van der Waals surface area contributed by atoms with Crippen molar-refractivity contribution in [2.75, 3.05) is 26.2 Å². The molecule has 4 rings (SSSR count). The number of nitrogens with one attached hydrogen (secondary N) is 1. The van der Waals surface area contributed by atoms with Gasteiger partial charge in [0.05, 0.1) is 6.04 Å². The Kier molecular flexibility index (Phi) is 5.11. The van der Waals surface area contributed by atoms with Crippen molar-refractivity contribution in [3.8, 4) is 0 Å². The van der Waals surface area contributed by atoms with E-state index in [0.717, 1.165) is 50.6 Å². The number of H-pyrrole nitrogens is 1. The van der Waals surface area contributed by atoms with E-state index in [1.165, 1.54) is 19.3 Å². The highest BCUT2D eigenvalue weighted by Gasteiger charge is 2.28. The quantitative estimate of drug-likeness (QED) is 0.909. The molecular weight excluding hydrogens is 328 g/mol. The maximum Gasteiger partial charge on any atom is 0.289 e. The van der Waals surface area contributed by atoms with Gasteiger partial charge in [0, 0.05) is 31.4 Å². The van der Waals surface area contributed by atoms with Crippen molar-refractivity contribution in [2.45, 2.75) is 51.0 Å². The second-order valence-electron chi connectivity index (χ2n) is 7.52. The first-order valence-electron chi connectivity index (χ1n) is 9.84. The summed E-state index contributed by atoms with van der Waals surface area (Å²) >= 11 is 0. The van der Waals surface area contributed by atoms with Gasteiger partial charge in [-0.2, -0.15) is 0 Å². The van der Waals surface area contributed by atoms with Crippen molar-refractivity contribution in [3.05, 3.63) is 41.9 Å². The Bertz CT molecular complexity index is 710. The molecule has 1 atom stereocenters. The molecule has 4 heterocycles. The molecule has 26 heavy (non-hydrogen) atoms. The number of imidazole rings is 1. The van der Waals surface area contributed by atoms with E-state index in [1.807, 2.05) is 23.2 Å². The number of hydrogen-bond donors (Lipinski definition) is 1. The zero-order valence-corrected chi connectivity index (χ0v) is 15.5. The second kappa shape index (κ2) is 7.66. The van der Waals surface area contributed by atoms with E-state index >= 15 is 0 Å². The van der Waals surface area contributed by atoms with E-state index in [1.54, 1.807) is 6.20 Å². The number of likely N-dealkylation sites (tertiary alicyclic amines) is 2. The summed E-state index contributed by atoms with van der Waals surface area (Å²) in [6.07, 6.45) is 9.36. The molecule has 0 radical (unpaired) electrons. The Morgan fingerprint density at radius 3 is 2.65 bits per heavy atom. The van der Waals surface area contributed by atoms with E-state index in [-0.39, 0.29) is 11.9 Å². The lowest BCUT2D eigenvalue weighted by Gasteiger charge is -2.31. The Hall–Kier alpha value is -2.08. The molecule has 0 unspecified atom stereocenters.